The SMILES string of the molecule is Oc1ccc([C@@H]2C[C@H]3C=C(c4c[nH]c(-c5ccc(F)c(F)c5)c4-c4ccncc4)CCN3C2)cc1. The minimum Gasteiger partial charge on any atom is -0.508 e. The number of rotatable bonds is 4. The van der Waals surface area contributed by atoms with Gasteiger partial charge in [0.25, 0.3) is 0 Å². The van der Waals surface area contributed by atoms with Gasteiger partial charge in [0.1, 0.15) is 5.75 Å². The number of fused-ring (bicyclic) bond motifs is 1. The highest BCUT2D eigenvalue weighted by atomic mass is 19.2. The maximum absolute atomic E-state index is 14.1. The van der Waals surface area contributed by atoms with E-state index in [0.29, 0.717) is 23.3 Å². The molecule has 0 aliphatic carbocycles. The van der Waals surface area contributed by atoms with Gasteiger partial charge in [0.2, 0.25) is 0 Å². The van der Waals surface area contributed by atoms with Crippen LogP contribution in [0, 0.1) is 11.6 Å². The third kappa shape index (κ3) is 4.04. The maximum Gasteiger partial charge on any atom is 0.159 e. The fourth-order valence-corrected chi connectivity index (χ4v) is 5.53. The molecular weight excluding hydrogens is 444 g/mol. The zero-order chi connectivity index (χ0) is 23.9. The van der Waals surface area contributed by atoms with Crippen molar-refractivity contribution in [3.05, 3.63) is 102 Å². The number of phenols is 1. The lowest BCUT2D eigenvalue weighted by atomic mass is 9.90. The largest absolute Gasteiger partial charge is 0.508 e. The van der Waals surface area contributed by atoms with E-state index in [-0.39, 0.29) is 0 Å². The summed E-state index contributed by atoms with van der Waals surface area (Å²) >= 11 is 0. The molecule has 6 heteroatoms. The van der Waals surface area contributed by atoms with E-state index < -0.39 is 11.6 Å². The molecular formula is C29H25F2N3O. The van der Waals surface area contributed by atoms with Gasteiger partial charge >= 0.3 is 0 Å². The highest BCUT2D eigenvalue weighted by Crippen LogP contribution is 2.43. The molecule has 2 aliphatic rings. The summed E-state index contributed by atoms with van der Waals surface area (Å²) in [5.41, 5.74) is 6.93. The van der Waals surface area contributed by atoms with Crippen LogP contribution >= 0.6 is 0 Å². The van der Waals surface area contributed by atoms with E-state index in [0.717, 1.165) is 48.3 Å². The first kappa shape index (κ1) is 21.7. The van der Waals surface area contributed by atoms with Gasteiger partial charge in [-0.2, -0.15) is 0 Å². The molecule has 1 fully saturated rings. The fourth-order valence-electron chi connectivity index (χ4n) is 5.53. The first-order chi connectivity index (χ1) is 17.1. The fraction of sp³-hybridized carbons (Fsp3) is 0.207. The van der Waals surface area contributed by atoms with Crippen LogP contribution in [-0.4, -0.2) is 39.1 Å². The van der Waals surface area contributed by atoms with Crippen LogP contribution in [0.5, 0.6) is 5.75 Å². The molecule has 2 aromatic carbocycles. The molecule has 2 aliphatic heterocycles. The van der Waals surface area contributed by atoms with Gasteiger partial charge in [-0.05, 0) is 77.9 Å². The summed E-state index contributed by atoms with van der Waals surface area (Å²) in [4.78, 5) is 10.0. The molecule has 4 nitrogen and oxygen atoms in total. The number of benzene rings is 2. The van der Waals surface area contributed by atoms with Crippen molar-refractivity contribution in [1.82, 2.24) is 14.9 Å². The summed E-state index contributed by atoms with van der Waals surface area (Å²) in [7, 11) is 0. The number of H-pyrrole nitrogens is 1. The number of nitrogens with zero attached hydrogens (tertiary/aromatic N) is 2. The van der Waals surface area contributed by atoms with Crippen molar-refractivity contribution in [2.45, 2.75) is 24.8 Å². The van der Waals surface area contributed by atoms with Crippen LogP contribution in [0.2, 0.25) is 0 Å². The van der Waals surface area contributed by atoms with Crippen molar-refractivity contribution in [2.75, 3.05) is 13.1 Å². The van der Waals surface area contributed by atoms with Crippen LogP contribution in [0.25, 0.3) is 28.0 Å². The molecule has 0 bridgehead atoms. The number of halogens is 2. The molecule has 0 amide bonds. The predicted molar refractivity (Wildman–Crippen MR) is 133 cm³/mol. The first-order valence-electron chi connectivity index (χ1n) is 11.9. The van der Waals surface area contributed by atoms with E-state index in [1.807, 2.05) is 30.5 Å². The number of hydrogen-bond acceptors (Lipinski definition) is 3. The Morgan fingerprint density at radius 3 is 2.51 bits per heavy atom. The average molecular weight is 470 g/mol. The number of pyridine rings is 1. The normalized spacial score (nSPS) is 20.0. The minimum atomic E-state index is -0.863. The standard InChI is InChI=1S/C29H25F2N3O/c30-26-6-3-21(15-27(26)31)29-28(19-7-10-32-11-8-19)25(16-33-29)20-9-12-34-17-22(14-23(34)13-20)18-1-4-24(35)5-2-18/h1-8,10-11,13,15-16,22-23,33,35H,9,12,14,17H2/t22-,23-/m1/s1. The van der Waals surface area contributed by atoms with Crippen molar-refractivity contribution in [1.29, 1.82) is 0 Å². The lowest BCUT2D eigenvalue weighted by molar-refractivity contribution is 0.286. The van der Waals surface area contributed by atoms with Crippen molar-refractivity contribution < 1.29 is 13.9 Å². The van der Waals surface area contributed by atoms with E-state index >= 15 is 0 Å². The van der Waals surface area contributed by atoms with Crippen LogP contribution in [0.3, 0.4) is 0 Å². The van der Waals surface area contributed by atoms with E-state index in [1.165, 1.54) is 23.3 Å². The van der Waals surface area contributed by atoms with Gasteiger partial charge in [-0.1, -0.05) is 18.2 Å². The van der Waals surface area contributed by atoms with Crippen molar-refractivity contribution >= 4 is 5.57 Å². The van der Waals surface area contributed by atoms with Crippen molar-refractivity contribution in [2.24, 2.45) is 0 Å². The molecule has 2 aromatic heterocycles. The Morgan fingerprint density at radius 2 is 1.74 bits per heavy atom. The predicted octanol–water partition coefficient (Wildman–Crippen LogP) is 6.37. The molecule has 0 unspecified atom stereocenters. The highest BCUT2D eigenvalue weighted by molar-refractivity contribution is 5.91. The van der Waals surface area contributed by atoms with Gasteiger partial charge in [0.15, 0.2) is 11.6 Å². The number of nitrogens with one attached hydrogen (secondary N) is 1. The highest BCUT2D eigenvalue weighted by Gasteiger charge is 2.34. The van der Waals surface area contributed by atoms with Gasteiger partial charge < -0.3 is 10.1 Å². The minimum absolute atomic E-state index is 0.291. The van der Waals surface area contributed by atoms with Crippen molar-refractivity contribution in [3.8, 4) is 28.1 Å². The summed E-state index contributed by atoms with van der Waals surface area (Å²) in [6, 6.07) is 15.8. The average Bonchev–Trinajstić information content (AvgIpc) is 3.51. The molecule has 35 heavy (non-hydrogen) atoms. The molecule has 0 spiro atoms. The van der Waals surface area contributed by atoms with Crippen LogP contribution < -0.4 is 0 Å². The molecule has 2 N–H and O–H groups in total. The third-order valence-corrected chi connectivity index (χ3v) is 7.28. The van der Waals surface area contributed by atoms with Crippen LogP contribution in [0.1, 0.15) is 29.9 Å². The van der Waals surface area contributed by atoms with E-state index in [1.54, 1.807) is 30.6 Å². The van der Waals surface area contributed by atoms with Gasteiger partial charge in [-0.3, -0.25) is 9.88 Å². The quantitative estimate of drug-likeness (QED) is 0.365. The zero-order valence-electron chi connectivity index (χ0n) is 19.1. The number of aromatic hydroxyl groups is 1. The molecule has 176 valence electrons. The summed E-state index contributed by atoms with van der Waals surface area (Å²) < 4.78 is 27.7. The molecule has 2 atom stereocenters. The second-order valence-corrected chi connectivity index (χ2v) is 9.35. The zero-order valence-corrected chi connectivity index (χ0v) is 19.1. The Labute approximate surface area is 202 Å². The summed E-state index contributed by atoms with van der Waals surface area (Å²) in [5, 5.41) is 9.63. The Hall–Kier alpha value is -3.77. The van der Waals surface area contributed by atoms with Gasteiger partial charge in [0.05, 0.1) is 5.69 Å². The number of aromatic nitrogens is 2. The van der Waals surface area contributed by atoms with Crippen LogP contribution in [0.4, 0.5) is 8.78 Å². The molecule has 6 rings (SSSR count). The van der Waals surface area contributed by atoms with Gasteiger partial charge in [0, 0.05) is 54.4 Å². The number of phenolic OH excluding ortho intramolecular Hbond substituents is 1. The van der Waals surface area contributed by atoms with Crippen LogP contribution in [0.15, 0.2) is 79.3 Å². The molecule has 4 heterocycles. The smallest absolute Gasteiger partial charge is 0.159 e. The van der Waals surface area contributed by atoms with E-state index in [4.69, 9.17) is 0 Å². The molecule has 1 saturated heterocycles. The first-order valence-corrected chi connectivity index (χ1v) is 11.9. The summed E-state index contributed by atoms with van der Waals surface area (Å²) in [6.45, 7) is 1.97. The Morgan fingerprint density at radius 1 is 0.943 bits per heavy atom. The summed E-state index contributed by atoms with van der Waals surface area (Å²) in [5.74, 6) is -0.997. The van der Waals surface area contributed by atoms with Gasteiger partial charge in [-0.25, -0.2) is 8.78 Å². The molecule has 4 aromatic rings. The topological polar surface area (TPSA) is 52.1 Å². The Kier molecular flexibility index (Phi) is 5.46. The van der Waals surface area contributed by atoms with Gasteiger partial charge in [-0.15, -0.1) is 0 Å². The maximum atomic E-state index is 14.1. The molecule has 0 saturated carbocycles. The second-order valence-electron chi connectivity index (χ2n) is 9.35. The lowest BCUT2D eigenvalue weighted by Gasteiger charge is -2.28. The second kappa shape index (κ2) is 8.78. The lowest BCUT2D eigenvalue weighted by Crippen LogP contribution is -2.32. The monoisotopic (exact) mass is 469 g/mol. The van der Waals surface area contributed by atoms with E-state index in [9.17, 15) is 13.9 Å². The van der Waals surface area contributed by atoms with E-state index in [2.05, 4.69) is 20.9 Å². The number of hydrogen-bond donors (Lipinski definition) is 2. The number of aromatic amines is 1. The Bertz CT molecular complexity index is 1400. The third-order valence-electron chi connectivity index (χ3n) is 7.28. The van der Waals surface area contributed by atoms with Crippen molar-refractivity contribution in [3.63, 3.8) is 0 Å². The summed E-state index contributed by atoms with van der Waals surface area (Å²) in [6.07, 6.45) is 9.78. The van der Waals surface area contributed by atoms with Crippen LogP contribution in [-0.2, 0) is 0 Å². The molecule has 0 radical (unpaired) electrons. The Balaban J connectivity index is 1.38.